The zero-order chi connectivity index (χ0) is 31.5. The van der Waals surface area contributed by atoms with E-state index in [2.05, 4.69) is 105 Å². The second kappa shape index (κ2) is 10.2. The lowest BCUT2D eigenvalue weighted by Gasteiger charge is -2.49. The highest BCUT2D eigenvalue weighted by atomic mass is 14.6. The van der Waals surface area contributed by atoms with E-state index < -0.39 is 0 Å². The van der Waals surface area contributed by atoms with Gasteiger partial charge >= 0.3 is 0 Å². The van der Waals surface area contributed by atoms with Gasteiger partial charge in [-0.2, -0.15) is 0 Å². The molecule has 0 radical (unpaired) electrons. The third-order valence-corrected chi connectivity index (χ3v) is 13.9. The first-order valence-electron chi connectivity index (χ1n) is 17.8. The van der Waals surface area contributed by atoms with E-state index in [0.29, 0.717) is 41.4 Å². The van der Waals surface area contributed by atoms with Crippen molar-refractivity contribution >= 4 is 0 Å². The van der Waals surface area contributed by atoms with Gasteiger partial charge < -0.3 is 0 Å². The summed E-state index contributed by atoms with van der Waals surface area (Å²) in [6.07, 6.45) is 22.4. The number of hydrogen-bond acceptors (Lipinski definition) is 0. The Balaban J connectivity index is 1.34. The molecule has 0 N–H and O–H groups in total. The second-order valence-electron chi connectivity index (χ2n) is 16.5. The lowest BCUT2D eigenvalue weighted by Crippen LogP contribution is -2.39. The first-order chi connectivity index (χ1) is 20.8. The third kappa shape index (κ3) is 4.44. The minimum Gasteiger partial charge on any atom is -0.0995 e. The average molecular weight is 585 g/mol. The SMILES string of the molecule is C=C1CC1CC=CC1(C)C(=C)C1C(=CC1CCC1C)C(C)=C(C)C1=C(C2(C)C(=C)C2C=CC)C(C2CC2=C)=CC2C(C)CC12. The summed E-state index contributed by atoms with van der Waals surface area (Å²) in [5.74, 6) is 5.56. The van der Waals surface area contributed by atoms with E-state index in [1.54, 1.807) is 22.3 Å². The molecule has 0 nitrogen and oxygen atoms in total. The van der Waals surface area contributed by atoms with Crippen LogP contribution in [0, 0.1) is 64.1 Å². The van der Waals surface area contributed by atoms with Crippen LogP contribution in [0.2, 0.25) is 0 Å². The monoisotopic (exact) mass is 584 g/mol. The minimum absolute atomic E-state index is 0.0154. The summed E-state index contributed by atoms with van der Waals surface area (Å²) in [7, 11) is 0. The van der Waals surface area contributed by atoms with Crippen molar-refractivity contribution < 1.29 is 0 Å². The van der Waals surface area contributed by atoms with Gasteiger partial charge in [0.25, 0.3) is 0 Å². The summed E-state index contributed by atoms with van der Waals surface area (Å²) in [5, 5.41) is 0. The zero-order valence-electron chi connectivity index (χ0n) is 28.7. The quantitative estimate of drug-likeness (QED) is 0.177. The van der Waals surface area contributed by atoms with Gasteiger partial charge in [0.05, 0.1) is 0 Å². The van der Waals surface area contributed by atoms with Gasteiger partial charge in [0.1, 0.15) is 0 Å². The molecule has 0 aromatic rings. The highest BCUT2D eigenvalue weighted by Gasteiger charge is 2.61. The molecule has 7 rings (SSSR count). The molecule has 7 aliphatic carbocycles. The van der Waals surface area contributed by atoms with Crippen LogP contribution in [-0.2, 0) is 0 Å². The van der Waals surface area contributed by atoms with E-state index >= 15 is 0 Å². The van der Waals surface area contributed by atoms with E-state index in [-0.39, 0.29) is 10.8 Å². The van der Waals surface area contributed by atoms with Crippen molar-refractivity contribution in [2.75, 3.05) is 0 Å². The van der Waals surface area contributed by atoms with Crippen LogP contribution in [0.4, 0.5) is 0 Å². The predicted octanol–water partition coefficient (Wildman–Crippen LogP) is 11.9. The van der Waals surface area contributed by atoms with Gasteiger partial charge in [0.15, 0.2) is 0 Å². The van der Waals surface area contributed by atoms with Crippen molar-refractivity contribution in [3.8, 4) is 0 Å². The maximum Gasteiger partial charge on any atom is 0.0243 e. The third-order valence-electron chi connectivity index (χ3n) is 13.9. The summed E-state index contributed by atoms with van der Waals surface area (Å²) in [6.45, 7) is 35.0. The van der Waals surface area contributed by atoms with Gasteiger partial charge in [-0.3, -0.25) is 0 Å². The molecule has 0 bridgehead atoms. The summed E-state index contributed by atoms with van der Waals surface area (Å²) in [5.41, 5.74) is 15.2. The highest BCUT2D eigenvalue weighted by molar-refractivity contribution is 5.68. The van der Waals surface area contributed by atoms with E-state index in [1.165, 1.54) is 59.1 Å². The Morgan fingerprint density at radius 2 is 1.68 bits per heavy atom. The fraction of sp³-hybridized carbons (Fsp3) is 0.545. The number of allylic oxidation sites excluding steroid dienone is 16. The van der Waals surface area contributed by atoms with Crippen LogP contribution in [0.25, 0.3) is 0 Å². The van der Waals surface area contributed by atoms with Gasteiger partial charge in [-0.15, -0.1) is 0 Å². The van der Waals surface area contributed by atoms with Gasteiger partial charge in [-0.05, 0) is 128 Å². The van der Waals surface area contributed by atoms with Crippen LogP contribution >= 0.6 is 0 Å². The Morgan fingerprint density at radius 3 is 2.23 bits per heavy atom. The number of fused-ring (bicyclic) bond motifs is 1. The standard InChI is InChI=1S/C44H56/c1-12-14-39-30(8)44(39,11)42-38(34-20-26(34)4)23-35-27(5)21-37(35)40(42)29(7)28(6)36(22-33-17-16-24(33)2)41-31(9)43(41,10)18-13-15-32-19-25(32)3/h12-14,18,22-24,27,32-35,37,39,41H,3-4,8-9,15-17,19-21H2,1-2,5-7,10-11H3. The minimum atomic E-state index is 0.0154. The number of rotatable bonds is 10. The molecule has 0 aromatic heterocycles. The largest absolute Gasteiger partial charge is 0.0995 e. The summed E-state index contributed by atoms with van der Waals surface area (Å²) < 4.78 is 0. The second-order valence-corrected chi connectivity index (χ2v) is 16.5. The Kier molecular flexibility index (Phi) is 6.97. The lowest BCUT2D eigenvalue weighted by molar-refractivity contribution is 0.157. The Hall–Kier alpha value is -2.60. The summed E-state index contributed by atoms with van der Waals surface area (Å²) in [6, 6.07) is 0. The van der Waals surface area contributed by atoms with Crippen molar-refractivity contribution in [2.24, 2.45) is 64.1 Å². The van der Waals surface area contributed by atoms with Crippen molar-refractivity contribution in [3.05, 3.63) is 119 Å². The molecule has 44 heavy (non-hydrogen) atoms. The molecule has 0 aromatic carbocycles. The highest BCUT2D eigenvalue weighted by Crippen LogP contribution is 2.71. The van der Waals surface area contributed by atoms with Crippen molar-refractivity contribution in [2.45, 2.75) is 87.0 Å². The molecular formula is C44H56. The van der Waals surface area contributed by atoms with Gasteiger partial charge in [0, 0.05) is 28.6 Å². The molecule has 0 heterocycles. The van der Waals surface area contributed by atoms with Crippen LogP contribution in [-0.4, -0.2) is 0 Å². The van der Waals surface area contributed by atoms with Gasteiger partial charge in [-0.1, -0.05) is 113 Å². The van der Waals surface area contributed by atoms with E-state index in [9.17, 15) is 0 Å². The topological polar surface area (TPSA) is 0 Å². The van der Waals surface area contributed by atoms with Crippen molar-refractivity contribution in [1.29, 1.82) is 0 Å². The molecule has 0 amide bonds. The Morgan fingerprint density at radius 1 is 0.977 bits per heavy atom. The molecule has 11 atom stereocenters. The molecule has 6 saturated carbocycles. The molecule has 0 heteroatoms. The maximum atomic E-state index is 4.70. The molecule has 0 spiro atoms. The van der Waals surface area contributed by atoms with Crippen molar-refractivity contribution in [3.63, 3.8) is 0 Å². The Bertz CT molecular complexity index is 1560. The van der Waals surface area contributed by atoms with Crippen LogP contribution in [0.3, 0.4) is 0 Å². The fourth-order valence-electron chi connectivity index (χ4n) is 9.63. The molecule has 0 saturated heterocycles. The molecule has 0 aliphatic heterocycles. The van der Waals surface area contributed by atoms with Crippen molar-refractivity contribution in [1.82, 2.24) is 0 Å². The van der Waals surface area contributed by atoms with Crippen LogP contribution in [0.15, 0.2) is 119 Å². The van der Waals surface area contributed by atoms with E-state index in [4.69, 9.17) is 6.58 Å². The number of hydrogen-bond donors (Lipinski definition) is 0. The maximum absolute atomic E-state index is 4.70. The molecule has 232 valence electrons. The average Bonchev–Trinajstić information content (AvgIpc) is 3.96. The first-order valence-corrected chi connectivity index (χ1v) is 17.8. The Labute approximate surface area is 268 Å². The van der Waals surface area contributed by atoms with E-state index in [0.717, 1.165) is 24.7 Å². The smallest absolute Gasteiger partial charge is 0.0243 e. The lowest BCUT2D eigenvalue weighted by atomic mass is 9.55. The predicted molar refractivity (Wildman–Crippen MR) is 189 cm³/mol. The van der Waals surface area contributed by atoms with Crippen LogP contribution in [0.5, 0.6) is 0 Å². The van der Waals surface area contributed by atoms with Gasteiger partial charge in [-0.25, -0.2) is 0 Å². The van der Waals surface area contributed by atoms with Crippen LogP contribution < -0.4 is 0 Å². The van der Waals surface area contributed by atoms with Crippen LogP contribution in [0.1, 0.15) is 87.0 Å². The molecule has 7 aliphatic rings. The molecule has 11 unspecified atom stereocenters. The van der Waals surface area contributed by atoms with Gasteiger partial charge in [0.2, 0.25) is 0 Å². The van der Waals surface area contributed by atoms with E-state index in [1.807, 2.05) is 0 Å². The molecule has 6 fully saturated rings. The first kappa shape index (κ1) is 30.1. The zero-order valence-corrected chi connectivity index (χ0v) is 28.7. The normalized spacial score (nSPS) is 44.8. The fourth-order valence-corrected chi connectivity index (χ4v) is 9.63. The summed E-state index contributed by atoms with van der Waals surface area (Å²) >= 11 is 0. The molecular weight excluding hydrogens is 528 g/mol. The summed E-state index contributed by atoms with van der Waals surface area (Å²) in [4.78, 5) is 0.